The maximum atomic E-state index is 8.36. The van der Waals surface area contributed by atoms with E-state index in [0.717, 1.165) is 0 Å². The van der Waals surface area contributed by atoms with Crippen LogP contribution in [-0.2, 0) is 24.3 Å². The molecule has 0 fully saturated rings. The fourth-order valence-electron chi connectivity index (χ4n) is 0. The molecule has 0 radical (unpaired) electrons. The first-order chi connectivity index (χ1) is 1.41. The summed E-state index contributed by atoms with van der Waals surface area (Å²) >= 11 is 0. The van der Waals surface area contributed by atoms with Crippen LogP contribution in [0.3, 0.4) is 0 Å². The van der Waals surface area contributed by atoms with Crippen LogP contribution >= 0.6 is 0 Å². The van der Waals surface area contributed by atoms with E-state index in [9.17, 15) is 0 Å². The summed E-state index contributed by atoms with van der Waals surface area (Å²) in [7, 11) is 0. The van der Waals surface area contributed by atoms with Gasteiger partial charge in [-0.15, -0.1) is 0 Å². The molecule has 0 aliphatic heterocycles. The summed E-state index contributed by atoms with van der Waals surface area (Å²) in [5.74, 6) is 0. The Bertz CT molecular complexity index is 15.0. The molecular weight excluding hydrogens is 141 g/mol. The molecule has 6 heavy (non-hydrogen) atoms. The monoisotopic (exact) mass is 146 g/mol. The minimum Gasteiger partial charge on any atom is -0.483 e. The maximum Gasteiger partial charge on any atom is 0.290 e. The molecule has 5 N–H and O–H groups in total. The first-order valence-electron chi connectivity index (χ1n) is 0.494. The molecule has 0 spiro atoms. The number of carboxylic acid groups (broad SMARTS) is 1. The SMILES string of the molecule is O.O.O=CO.[Zn]. The molecule has 0 unspecified atom stereocenters. The molecule has 4 nitrogen and oxygen atoms in total. The predicted octanol–water partition coefficient (Wildman–Crippen LogP) is -1.95. The van der Waals surface area contributed by atoms with Crippen molar-refractivity contribution in [3.63, 3.8) is 0 Å². The average molecular weight is 147 g/mol. The van der Waals surface area contributed by atoms with Gasteiger partial charge in [0.1, 0.15) is 0 Å². The Balaban J connectivity index is -0.00000000667. The topological polar surface area (TPSA) is 100 Å². The molecule has 0 aromatic rings. The van der Waals surface area contributed by atoms with Crippen molar-refractivity contribution >= 4 is 6.47 Å². The van der Waals surface area contributed by atoms with Crippen LogP contribution in [0.1, 0.15) is 0 Å². The molecule has 5 heteroatoms. The Morgan fingerprint density at radius 2 is 1.33 bits per heavy atom. The minimum atomic E-state index is -0.250. The van der Waals surface area contributed by atoms with E-state index in [0.29, 0.717) is 0 Å². The van der Waals surface area contributed by atoms with Gasteiger partial charge in [-0.25, -0.2) is 0 Å². The van der Waals surface area contributed by atoms with Crippen LogP contribution in [0.4, 0.5) is 0 Å². The van der Waals surface area contributed by atoms with Crippen LogP contribution in [-0.4, -0.2) is 22.5 Å². The molecule has 0 amide bonds. The van der Waals surface area contributed by atoms with E-state index in [4.69, 9.17) is 9.90 Å². The van der Waals surface area contributed by atoms with Crippen molar-refractivity contribution in [2.75, 3.05) is 0 Å². The van der Waals surface area contributed by atoms with Gasteiger partial charge in [-0.2, -0.15) is 0 Å². The molecule has 0 aromatic heterocycles. The second-order valence-corrected chi connectivity index (χ2v) is 0.105. The van der Waals surface area contributed by atoms with Crippen molar-refractivity contribution < 1.29 is 40.3 Å². The second kappa shape index (κ2) is 78.6. The van der Waals surface area contributed by atoms with Crippen LogP contribution in [0.25, 0.3) is 0 Å². The van der Waals surface area contributed by atoms with E-state index < -0.39 is 0 Å². The van der Waals surface area contributed by atoms with Gasteiger partial charge >= 0.3 is 0 Å². The zero-order valence-corrected chi connectivity index (χ0v) is 6.11. The molecule has 0 rings (SSSR count). The first-order valence-corrected chi connectivity index (χ1v) is 0.494. The van der Waals surface area contributed by atoms with E-state index >= 15 is 0 Å². The standard InChI is InChI=1S/CH2O2.2H2O.Zn/c2-1-3;;;/h1H,(H,2,3);2*1H2;. The van der Waals surface area contributed by atoms with Gasteiger partial charge in [0.15, 0.2) is 0 Å². The van der Waals surface area contributed by atoms with E-state index in [1.54, 1.807) is 0 Å². The van der Waals surface area contributed by atoms with E-state index in [1.807, 2.05) is 0 Å². The number of carbonyl (C=O) groups is 1. The number of hydrogen-bond acceptors (Lipinski definition) is 1. The van der Waals surface area contributed by atoms with E-state index in [2.05, 4.69) is 0 Å². The van der Waals surface area contributed by atoms with Crippen LogP contribution in [0.2, 0.25) is 0 Å². The largest absolute Gasteiger partial charge is 0.483 e. The molecule has 0 bridgehead atoms. The van der Waals surface area contributed by atoms with E-state index in [1.165, 1.54) is 0 Å². The van der Waals surface area contributed by atoms with Gasteiger partial charge in [0.2, 0.25) is 0 Å². The average Bonchev–Trinajstić information content (AvgIpc) is 0.918. The van der Waals surface area contributed by atoms with Gasteiger partial charge in [0.25, 0.3) is 6.47 Å². The fourth-order valence-corrected chi connectivity index (χ4v) is 0. The zero-order chi connectivity index (χ0) is 2.71. The second-order valence-electron chi connectivity index (χ2n) is 0.105. The number of hydrogen-bond donors (Lipinski definition) is 1. The summed E-state index contributed by atoms with van der Waals surface area (Å²) in [6, 6.07) is 0. The Morgan fingerprint density at radius 3 is 1.33 bits per heavy atom. The van der Waals surface area contributed by atoms with Crippen molar-refractivity contribution in [3.8, 4) is 0 Å². The third kappa shape index (κ3) is 204000. The van der Waals surface area contributed by atoms with Crippen molar-refractivity contribution in [1.29, 1.82) is 0 Å². The molecule has 0 saturated heterocycles. The van der Waals surface area contributed by atoms with Crippen LogP contribution in [0.5, 0.6) is 0 Å². The Kier molecular flexibility index (Phi) is 489. The summed E-state index contributed by atoms with van der Waals surface area (Å²) in [5, 5.41) is 6.89. The molecule has 0 saturated carbocycles. The molecule has 0 heterocycles. The first kappa shape index (κ1) is 37.3. The number of rotatable bonds is 0. The van der Waals surface area contributed by atoms with Gasteiger partial charge in [0.05, 0.1) is 0 Å². The van der Waals surface area contributed by atoms with Gasteiger partial charge < -0.3 is 16.1 Å². The van der Waals surface area contributed by atoms with Crippen molar-refractivity contribution in [2.24, 2.45) is 0 Å². The van der Waals surface area contributed by atoms with E-state index in [-0.39, 0.29) is 36.9 Å². The minimum absolute atomic E-state index is 0. The van der Waals surface area contributed by atoms with Crippen LogP contribution in [0.15, 0.2) is 0 Å². The van der Waals surface area contributed by atoms with Crippen LogP contribution in [0, 0.1) is 0 Å². The summed E-state index contributed by atoms with van der Waals surface area (Å²) in [4.78, 5) is 8.36. The third-order valence-electron chi connectivity index (χ3n) is 0. The third-order valence-corrected chi connectivity index (χ3v) is 0. The van der Waals surface area contributed by atoms with Gasteiger partial charge in [-0.3, -0.25) is 4.79 Å². The van der Waals surface area contributed by atoms with Gasteiger partial charge in [0, 0.05) is 19.5 Å². The van der Waals surface area contributed by atoms with Crippen LogP contribution < -0.4 is 0 Å². The quantitative estimate of drug-likeness (QED) is 0.318. The molecule has 0 aromatic carbocycles. The molecule has 0 aliphatic rings. The molecular formula is CH6O4Zn. The predicted molar refractivity (Wildman–Crippen MR) is 15.9 cm³/mol. The molecule has 36 valence electrons. The summed E-state index contributed by atoms with van der Waals surface area (Å²) in [6.45, 7) is -0.250. The molecule has 0 atom stereocenters. The zero-order valence-electron chi connectivity index (χ0n) is 3.14. The summed E-state index contributed by atoms with van der Waals surface area (Å²) in [5.41, 5.74) is 0. The summed E-state index contributed by atoms with van der Waals surface area (Å²) < 4.78 is 0. The summed E-state index contributed by atoms with van der Waals surface area (Å²) in [6.07, 6.45) is 0. The van der Waals surface area contributed by atoms with Crippen molar-refractivity contribution in [2.45, 2.75) is 0 Å². The Hall–Kier alpha value is 0.0134. The maximum absolute atomic E-state index is 8.36. The van der Waals surface area contributed by atoms with Gasteiger partial charge in [-0.05, 0) is 0 Å². The fraction of sp³-hybridized carbons (Fsp3) is 0. The molecule has 0 aliphatic carbocycles. The van der Waals surface area contributed by atoms with Crippen molar-refractivity contribution in [1.82, 2.24) is 0 Å². The normalized spacial score (nSPS) is 2.00. The smallest absolute Gasteiger partial charge is 0.290 e. The Morgan fingerprint density at radius 1 is 1.33 bits per heavy atom. The van der Waals surface area contributed by atoms with Gasteiger partial charge in [-0.1, -0.05) is 0 Å². The Labute approximate surface area is 47.5 Å². The van der Waals surface area contributed by atoms with Crippen molar-refractivity contribution in [3.05, 3.63) is 0 Å².